The molecule has 0 saturated heterocycles. The summed E-state index contributed by atoms with van der Waals surface area (Å²) in [6, 6.07) is 2.22. The fourth-order valence-corrected chi connectivity index (χ4v) is 4.27. The number of carboxylic acids is 1. The molecule has 0 fully saturated rings. The molecule has 3 rings (SSSR count). The molecule has 0 aliphatic carbocycles. The lowest BCUT2D eigenvalue weighted by molar-refractivity contribution is -0.142. The Hall–Kier alpha value is -2.85. The average Bonchev–Trinajstić information content (AvgIpc) is 3.15. The maximum absolute atomic E-state index is 13.0. The van der Waals surface area contributed by atoms with Crippen molar-refractivity contribution in [2.45, 2.75) is 26.3 Å². The number of aryl methyl sites for hydroxylation is 2. The number of carbonyl (C=O) groups is 2. The highest BCUT2D eigenvalue weighted by Crippen LogP contribution is 2.27. The molecule has 10 heteroatoms. The standard InChI is InChI=1S/C21H22N2O6S2/c1-11-6-13(28-9-17(24)23-15(21(26)27)4-5-30-3)7-16-18(11)19(25)14(8-29-16)20-22-12(2)10-31-20/h6-8,10,15H,4-5,9H2,1-3H3,(H,23,24)(H,26,27)/t15-/m0/s1. The van der Waals surface area contributed by atoms with Crippen molar-refractivity contribution in [2.75, 3.05) is 18.6 Å². The molecule has 0 aliphatic rings. The van der Waals surface area contributed by atoms with Gasteiger partial charge in [-0.15, -0.1) is 11.3 Å². The number of rotatable bonds is 9. The van der Waals surface area contributed by atoms with Crippen LogP contribution in [0.4, 0.5) is 0 Å². The number of carbonyl (C=O) groups excluding carboxylic acids is 1. The summed E-state index contributed by atoms with van der Waals surface area (Å²) in [6.07, 6.45) is 3.57. The summed E-state index contributed by atoms with van der Waals surface area (Å²) < 4.78 is 11.2. The summed E-state index contributed by atoms with van der Waals surface area (Å²) in [5.41, 5.74) is 2.01. The maximum Gasteiger partial charge on any atom is 0.326 e. The number of benzene rings is 1. The summed E-state index contributed by atoms with van der Waals surface area (Å²) in [5.74, 6) is -0.667. The van der Waals surface area contributed by atoms with E-state index in [0.29, 0.717) is 45.0 Å². The second-order valence-electron chi connectivity index (χ2n) is 6.91. The summed E-state index contributed by atoms with van der Waals surface area (Å²) >= 11 is 2.88. The maximum atomic E-state index is 13.0. The predicted molar refractivity (Wildman–Crippen MR) is 121 cm³/mol. The lowest BCUT2D eigenvalue weighted by atomic mass is 10.1. The fourth-order valence-electron chi connectivity index (χ4n) is 3.00. The molecule has 0 spiro atoms. The number of aromatic nitrogens is 1. The Balaban J connectivity index is 1.76. The minimum Gasteiger partial charge on any atom is -0.484 e. The molecule has 8 nitrogen and oxygen atoms in total. The average molecular weight is 463 g/mol. The first-order valence-electron chi connectivity index (χ1n) is 9.42. The molecular weight excluding hydrogens is 440 g/mol. The van der Waals surface area contributed by atoms with E-state index in [9.17, 15) is 19.5 Å². The number of nitrogens with zero attached hydrogens (tertiary/aromatic N) is 1. The SMILES string of the molecule is CSCC[C@H](NC(=O)COc1cc(C)c2c(=O)c(-c3nc(C)cs3)coc2c1)C(=O)O. The molecule has 31 heavy (non-hydrogen) atoms. The number of aliphatic carboxylic acids is 1. The van der Waals surface area contributed by atoms with Crippen molar-refractivity contribution in [3.63, 3.8) is 0 Å². The molecule has 2 N–H and O–H groups in total. The van der Waals surface area contributed by atoms with E-state index in [4.69, 9.17) is 9.15 Å². The number of nitrogens with one attached hydrogen (secondary N) is 1. The Morgan fingerprint density at radius 1 is 1.35 bits per heavy atom. The number of thioether (sulfide) groups is 1. The van der Waals surface area contributed by atoms with Crippen LogP contribution in [0.5, 0.6) is 5.75 Å². The number of hydrogen-bond acceptors (Lipinski definition) is 8. The van der Waals surface area contributed by atoms with Crippen molar-refractivity contribution < 1.29 is 23.8 Å². The number of hydrogen-bond donors (Lipinski definition) is 2. The van der Waals surface area contributed by atoms with Crippen LogP contribution in [0.1, 0.15) is 17.7 Å². The van der Waals surface area contributed by atoms with Gasteiger partial charge in [-0.2, -0.15) is 11.8 Å². The Morgan fingerprint density at radius 2 is 2.13 bits per heavy atom. The van der Waals surface area contributed by atoms with Crippen LogP contribution in [0.2, 0.25) is 0 Å². The van der Waals surface area contributed by atoms with Crippen LogP contribution in [-0.4, -0.2) is 46.6 Å². The third-order valence-electron chi connectivity index (χ3n) is 4.51. The third-order valence-corrected chi connectivity index (χ3v) is 6.15. The number of ether oxygens (including phenoxy) is 1. The van der Waals surface area contributed by atoms with E-state index in [2.05, 4.69) is 10.3 Å². The van der Waals surface area contributed by atoms with Crippen molar-refractivity contribution in [2.24, 2.45) is 0 Å². The molecule has 0 saturated carbocycles. The van der Waals surface area contributed by atoms with Crippen molar-refractivity contribution in [3.8, 4) is 16.3 Å². The molecule has 1 aromatic carbocycles. The van der Waals surface area contributed by atoms with E-state index in [-0.39, 0.29) is 12.0 Å². The van der Waals surface area contributed by atoms with Gasteiger partial charge in [0.15, 0.2) is 6.61 Å². The molecule has 0 bridgehead atoms. The predicted octanol–water partition coefficient (Wildman–Crippen LogP) is 3.23. The van der Waals surface area contributed by atoms with E-state index in [1.54, 1.807) is 13.0 Å². The van der Waals surface area contributed by atoms with E-state index in [1.807, 2.05) is 18.6 Å². The van der Waals surface area contributed by atoms with Crippen LogP contribution in [0.15, 0.2) is 33.0 Å². The topological polar surface area (TPSA) is 119 Å². The van der Waals surface area contributed by atoms with E-state index in [1.165, 1.54) is 35.4 Å². The first-order chi connectivity index (χ1) is 14.8. The van der Waals surface area contributed by atoms with Crippen LogP contribution in [-0.2, 0) is 9.59 Å². The number of amides is 1. The monoisotopic (exact) mass is 462 g/mol. The van der Waals surface area contributed by atoms with Gasteiger partial charge in [0.1, 0.15) is 28.6 Å². The Kier molecular flexibility index (Phi) is 7.34. The Labute approximate surface area is 186 Å². The van der Waals surface area contributed by atoms with Crippen molar-refractivity contribution in [1.29, 1.82) is 0 Å². The van der Waals surface area contributed by atoms with E-state index >= 15 is 0 Å². The first-order valence-corrected chi connectivity index (χ1v) is 11.7. The summed E-state index contributed by atoms with van der Waals surface area (Å²) in [6.45, 7) is 3.26. The highest BCUT2D eigenvalue weighted by molar-refractivity contribution is 7.98. The minimum absolute atomic E-state index is 0.185. The smallest absolute Gasteiger partial charge is 0.326 e. The molecular formula is C21H22N2O6S2. The summed E-state index contributed by atoms with van der Waals surface area (Å²) in [4.78, 5) is 40.7. The Bertz CT molecular complexity index is 1170. The fraction of sp³-hybridized carbons (Fsp3) is 0.333. The van der Waals surface area contributed by atoms with Gasteiger partial charge >= 0.3 is 5.97 Å². The van der Waals surface area contributed by atoms with Crippen molar-refractivity contribution in [3.05, 3.63) is 45.3 Å². The first kappa shape index (κ1) is 22.8. The summed E-state index contributed by atoms with van der Waals surface area (Å²) in [7, 11) is 0. The molecule has 0 aliphatic heterocycles. The van der Waals surface area contributed by atoms with Gasteiger partial charge in [-0.25, -0.2) is 9.78 Å². The number of thiazole rings is 1. The van der Waals surface area contributed by atoms with Gasteiger partial charge in [0.25, 0.3) is 5.91 Å². The van der Waals surface area contributed by atoms with E-state index in [0.717, 1.165) is 5.69 Å². The zero-order chi connectivity index (χ0) is 22.5. The largest absolute Gasteiger partial charge is 0.484 e. The van der Waals surface area contributed by atoms with Gasteiger partial charge < -0.3 is 19.6 Å². The van der Waals surface area contributed by atoms with Crippen LogP contribution in [0.25, 0.3) is 21.5 Å². The van der Waals surface area contributed by atoms with Crippen LogP contribution < -0.4 is 15.5 Å². The van der Waals surface area contributed by atoms with Crippen LogP contribution >= 0.6 is 23.1 Å². The molecule has 3 aromatic rings. The Morgan fingerprint density at radius 3 is 2.77 bits per heavy atom. The zero-order valence-corrected chi connectivity index (χ0v) is 18.9. The molecule has 0 unspecified atom stereocenters. The van der Waals surface area contributed by atoms with Crippen molar-refractivity contribution in [1.82, 2.24) is 10.3 Å². The normalized spacial score (nSPS) is 12.0. The van der Waals surface area contributed by atoms with Gasteiger partial charge in [0, 0.05) is 17.1 Å². The molecule has 1 amide bonds. The van der Waals surface area contributed by atoms with Crippen molar-refractivity contribution >= 4 is 45.9 Å². The van der Waals surface area contributed by atoms with E-state index < -0.39 is 17.9 Å². The molecule has 2 heterocycles. The molecule has 164 valence electrons. The lowest BCUT2D eigenvalue weighted by Crippen LogP contribution is -2.43. The number of carboxylic acid groups (broad SMARTS) is 1. The quantitative estimate of drug-likeness (QED) is 0.497. The van der Waals surface area contributed by atoms with Gasteiger partial charge in [0.2, 0.25) is 5.43 Å². The van der Waals surface area contributed by atoms with Crippen LogP contribution in [0, 0.1) is 13.8 Å². The highest BCUT2D eigenvalue weighted by Gasteiger charge is 2.20. The second-order valence-corrected chi connectivity index (χ2v) is 8.76. The highest BCUT2D eigenvalue weighted by atomic mass is 32.2. The van der Waals surface area contributed by atoms with Gasteiger partial charge in [0.05, 0.1) is 10.9 Å². The third kappa shape index (κ3) is 5.45. The van der Waals surface area contributed by atoms with Crippen LogP contribution in [0.3, 0.4) is 0 Å². The summed E-state index contributed by atoms with van der Waals surface area (Å²) in [5, 5.41) is 14.5. The zero-order valence-electron chi connectivity index (χ0n) is 17.3. The molecule has 1 atom stereocenters. The minimum atomic E-state index is -1.09. The molecule has 0 radical (unpaired) electrons. The number of fused-ring (bicyclic) bond motifs is 1. The van der Waals surface area contributed by atoms with Gasteiger partial charge in [-0.3, -0.25) is 9.59 Å². The van der Waals surface area contributed by atoms with Gasteiger partial charge in [-0.1, -0.05) is 0 Å². The van der Waals surface area contributed by atoms with Gasteiger partial charge in [-0.05, 0) is 43.9 Å². The second kappa shape index (κ2) is 9.97. The molecule has 2 aromatic heterocycles. The lowest BCUT2D eigenvalue weighted by Gasteiger charge is -2.14.